The first-order chi connectivity index (χ1) is 22.8. The van der Waals surface area contributed by atoms with E-state index in [1.165, 1.54) is 47.0 Å². The standard InChI is InChI=1S/C31H29Cl2F2N3O8S2/c1-36-24-6-5-20(8-19(24)10-29(36)39)48(42,43)38-16-47-15-25(38)30(40)45-27(11-21-22(32)12-37(41)13-23(21)33)18-4-7-26(46-31(34)35)28(9-18)44-14-17-2-3-17/h4-9,12-13,17,25,27,31H,2-3,10-11,14-16H2,1H3. The molecule has 2 atom stereocenters. The third-order valence-corrected chi connectivity index (χ3v) is 12.0. The minimum Gasteiger partial charge on any atom is -0.619 e. The van der Waals surface area contributed by atoms with Crippen LogP contribution in [0.5, 0.6) is 11.5 Å². The van der Waals surface area contributed by atoms with Crippen molar-refractivity contribution in [3.05, 3.63) is 80.7 Å². The van der Waals surface area contributed by atoms with E-state index in [4.69, 9.17) is 32.7 Å². The number of thioether (sulfide) groups is 1. The van der Waals surface area contributed by atoms with E-state index in [2.05, 4.69) is 4.74 Å². The molecule has 1 saturated heterocycles. The van der Waals surface area contributed by atoms with Gasteiger partial charge in [-0.1, -0.05) is 29.3 Å². The highest BCUT2D eigenvalue weighted by Crippen LogP contribution is 2.39. The van der Waals surface area contributed by atoms with Gasteiger partial charge in [0.1, 0.15) is 22.2 Å². The van der Waals surface area contributed by atoms with E-state index < -0.39 is 34.7 Å². The number of hydrogen-bond acceptors (Lipinski definition) is 9. The summed E-state index contributed by atoms with van der Waals surface area (Å²) in [5.74, 6) is -0.901. The predicted octanol–water partition coefficient (Wildman–Crippen LogP) is 5.13. The van der Waals surface area contributed by atoms with E-state index in [0.717, 1.165) is 29.5 Å². The van der Waals surface area contributed by atoms with Crippen molar-refractivity contribution in [2.75, 3.05) is 30.2 Å². The van der Waals surface area contributed by atoms with Crippen LogP contribution in [0.3, 0.4) is 0 Å². The maximum absolute atomic E-state index is 13.9. The Hall–Kier alpha value is -3.37. The Morgan fingerprint density at radius 3 is 2.54 bits per heavy atom. The first-order valence-electron chi connectivity index (χ1n) is 14.8. The van der Waals surface area contributed by atoms with Crippen LogP contribution >= 0.6 is 35.0 Å². The minimum atomic E-state index is -4.21. The van der Waals surface area contributed by atoms with E-state index in [0.29, 0.717) is 21.5 Å². The van der Waals surface area contributed by atoms with Crippen molar-refractivity contribution < 1.29 is 45.7 Å². The smallest absolute Gasteiger partial charge is 0.387 e. The number of rotatable bonds is 12. The fraction of sp³-hybridized carbons (Fsp3) is 0.387. The maximum Gasteiger partial charge on any atom is 0.387 e. The molecule has 1 saturated carbocycles. The lowest BCUT2D eigenvalue weighted by Gasteiger charge is -2.26. The number of likely N-dealkylation sites (N-methyl/N-ethyl adjacent to an activating group) is 1. The van der Waals surface area contributed by atoms with Crippen LogP contribution in [0, 0.1) is 11.1 Å². The molecule has 17 heteroatoms. The minimum absolute atomic E-state index is 0.00441. The first-order valence-corrected chi connectivity index (χ1v) is 18.1. The highest BCUT2D eigenvalue weighted by molar-refractivity contribution is 8.00. The van der Waals surface area contributed by atoms with E-state index in [-0.39, 0.29) is 74.9 Å². The number of alkyl halides is 2. The zero-order valence-corrected chi connectivity index (χ0v) is 28.5. The molecule has 1 aliphatic carbocycles. The zero-order valence-electron chi connectivity index (χ0n) is 25.3. The van der Waals surface area contributed by atoms with E-state index in [1.54, 1.807) is 13.1 Å². The number of anilines is 1. The van der Waals surface area contributed by atoms with Crippen molar-refractivity contribution in [2.45, 2.75) is 49.3 Å². The van der Waals surface area contributed by atoms with Crippen molar-refractivity contribution in [3.63, 3.8) is 0 Å². The van der Waals surface area contributed by atoms with Gasteiger partial charge < -0.3 is 24.3 Å². The molecule has 2 aromatic carbocycles. The van der Waals surface area contributed by atoms with Crippen LogP contribution in [0.1, 0.15) is 35.6 Å². The van der Waals surface area contributed by atoms with E-state index in [9.17, 15) is 32.0 Å². The predicted molar refractivity (Wildman–Crippen MR) is 173 cm³/mol. The molecular weight excluding hydrogens is 715 g/mol. The van der Waals surface area contributed by atoms with Gasteiger partial charge in [0.15, 0.2) is 23.9 Å². The summed E-state index contributed by atoms with van der Waals surface area (Å²) in [6.45, 7) is -2.85. The van der Waals surface area contributed by atoms with Crippen molar-refractivity contribution in [2.24, 2.45) is 5.92 Å². The van der Waals surface area contributed by atoms with Gasteiger partial charge in [-0.2, -0.15) is 17.8 Å². The first kappa shape index (κ1) is 34.5. The Bertz CT molecular complexity index is 1840. The molecule has 6 rings (SSSR count). The maximum atomic E-state index is 13.9. The van der Waals surface area contributed by atoms with Gasteiger partial charge in [-0.25, -0.2) is 8.42 Å². The lowest BCUT2D eigenvalue weighted by Crippen LogP contribution is -2.43. The molecule has 2 unspecified atom stereocenters. The number of pyridine rings is 1. The zero-order chi connectivity index (χ0) is 34.3. The number of amides is 1. The highest BCUT2D eigenvalue weighted by Gasteiger charge is 2.42. The van der Waals surface area contributed by atoms with Crippen LogP contribution in [0.25, 0.3) is 0 Å². The lowest BCUT2D eigenvalue weighted by atomic mass is 10.0. The number of esters is 1. The van der Waals surface area contributed by atoms with Crippen molar-refractivity contribution in [1.82, 2.24) is 4.31 Å². The average Bonchev–Trinajstić information content (AvgIpc) is 3.63. The molecule has 2 fully saturated rings. The average molecular weight is 745 g/mol. The number of fused-ring (bicyclic) bond motifs is 1. The molecular formula is C31H29Cl2F2N3O8S2. The number of carbonyl (C=O) groups is 2. The largest absolute Gasteiger partial charge is 0.619 e. The van der Waals surface area contributed by atoms with E-state index >= 15 is 0 Å². The van der Waals surface area contributed by atoms with Crippen LogP contribution in [0.15, 0.2) is 53.7 Å². The normalized spacial score (nSPS) is 18.7. The van der Waals surface area contributed by atoms with Crippen molar-refractivity contribution in [3.8, 4) is 11.5 Å². The highest BCUT2D eigenvalue weighted by atomic mass is 35.5. The van der Waals surface area contributed by atoms with Gasteiger partial charge in [-0.15, -0.1) is 11.8 Å². The fourth-order valence-corrected chi connectivity index (χ4v) is 9.25. The lowest BCUT2D eigenvalue weighted by molar-refractivity contribution is -0.605. The molecule has 0 N–H and O–H groups in total. The van der Waals surface area contributed by atoms with Gasteiger partial charge in [0.25, 0.3) is 0 Å². The second-order valence-corrected chi connectivity index (χ2v) is 15.3. The summed E-state index contributed by atoms with van der Waals surface area (Å²) in [6.07, 6.45) is 2.77. The number of nitrogens with zero attached hydrogens (tertiary/aromatic N) is 3. The molecule has 0 radical (unpaired) electrons. The number of halogens is 4. The molecule has 3 aliphatic rings. The summed E-state index contributed by atoms with van der Waals surface area (Å²) in [4.78, 5) is 27.4. The molecule has 3 heterocycles. The molecule has 2 aliphatic heterocycles. The van der Waals surface area contributed by atoms with Crippen LogP contribution < -0.4 is 19.1 Å². The summed E-state index contributed by atoms with van der Waals surface area (Å²) < 4.78 is 72.0. The third-order valence-electron chi connectivity index (χ3n) is 8.28. The molecule has 1 aromatic heterocycles. The van der Waals surface area contributed by atoms with Gasteiger partial charge in [0, 0.05) is 30.5 Å². The van der Waals surface area contributed by atoms with E-state index in [1.807, 2.05) is 0 Å². The molecule has 256 valence electrons. The monoisotopic (exact) mass is 743 g/mol. The topological polar surface area (TPSA) is 129 Å². The van der Waals surface area contributed by atoms with Gasteiger partial charge >= 0.3 is 12.6 Å². The SMILES string of the molecule is CN1C(=O)Cc2cc(S(=O)(=O)N3CSCC3C(=O)OC(Cc3c(Cl)c[n+]([O-])cc3Cl)c3ccc(OC(F)F)c(OCC4CC4)c3)ccc21. The summed E-state index contributed by atoms with van der Waals surface area (Å²) >= 11 is 13.9. The number of ether oxygens (including phenoxy) is 3. The molecule has 11 nitrogen and oxygen atoms in total. The number of hydrogen-bond donors (Lipinski definition) is 0. The van der Waals surface area contributed by atoms with Crippen LogP contribution in [0.2, 0.25) is 10.0 Å². The molecule has 1 amide bonds. The Kier molecular flexibility index (Phi) is 9.96. The molecule has 3 aromatic rings. The summed E-state index contributed by atoms with van der Waals surface area (Å²) in [7, 11) is -2.60. The number of sulfonamides is 1. The Morgan fingerprint density at radius 2 is 1.85 bits per heavy atom. The summed E-state index contributed by atoms with van der Waals surface area (Å²) in [5, 5.41) is 11.9. The van der Waals surface area contributed by atoms with Crippen LogP contribution in [0.4, 0.5) is 14.5 Å². The van der Waals surface area contributed by atoms with Gasteiger partial charge in [0.05, 0.1) is 23.8 Å². The molecule has 0 bridgehead atoms. The molecule has 0 spiro atoms. The number of carbonyl (C=O) groups excluding carboxylic acids is 2. The number of benzene rings is 2. The Balaban J connectivity index is 1.31. The molecule has 48 heavy (non-hydrogen) atoms. The van der Waals surface area contributed by atoms with Crippen molar-refractivity contribution in [1.29, 1.82) is 0 Å². The van der Waals surface area contributed by atoms with Crippen LogP contribution in [-0.2, 0) is 37.2 Å². The quantitative estimate of drug-likeness (QED) is 0.141. The third kappa shape index (κ3) is 7.30. The Labute approximate surface area is 289 Å². The summed E-state index contributed by atoms with van der Waals surface area (Å²) in [5.41, 5.74) is 1.73. The fourth-order valence-electron chi connectivity index (χ4n) is 5.47. The van der Waals surface area contributed by atoms with Gasteiger partial charge in [0.2, 0.25) is 15.9 Å². The van der Waals surface area contributed by atoms with Crippen molar-refractivity contribution >= 4 is 62.6 Å². The second kappa shape index (κ2) is 13.9. The second-order valence-electron chi connectivity index (χ2n) is 11.6. The van der Waals surface area contributed by atoms with Crippen LogP contribution in [-0.4, -0.2) is 62.5 Å². The number of aromatic nitrogens is 1. The van der Waals surface area contributed by atoms with Gasteiger partial charge in [-0.05, 0) is 60.2 Å². The Morgan fingerprint density at radius 1 is 1.12 bits per heavy atom. The summed E-state index contributed by atoms with van der Waals surface area (Å²) in [6, 6.07) is 7.26. The van der Waals surface area contributed by atoms with Gasteiger partial charge in [-0.3, -0.25) is 9.59 Å².